The Hall–Kier alpha value is -4.50. The van der Waals surface area contributed by atoms with E-state index in [1.807, 2.05) is 60.5 Å². The van der Waals surface area contributed by atoms with E-state index in [1.165, 1.54) is 18.8 Å². The second-order valence-electron chi connectivity index (χ2n) is 10.3. The van der Waals surface area contributed by atoms with Crippen molar-refractivity contribution >= 4 is 40.4 Å². The summed E-state index contributed by atoms with van der Waals surface area (Å²) in [5.41, 5.74) is 3.80. The molecule has 2 aromatic carbocycles. The molecule has 1 aliphatic rings. The topological polar surface area (TPSA) is 97.5 Å². The molecular weight excluding hydrogens is 514 g/mol. The van der Waals surface area contributed by atoms with Crippen molar-refractivity contribution in [2.75, 3.05) is 50.7 Å². The molecule has 1 atom stereocenters. The Kier molecular flexibility index (Phi) is 9.05. The summed E-state index contributed by atoms with van der Waals surface area (Å²) in [6.45, 7) is 8.48. The van der Waals surface area contributed by atoms with Crippen LogP contribution in [0.2, 0.25) is 0 Å². The summed E-state index contributed by atoms with van der Waals surface area (Å²) in [6, 6.07) is 20.3. The molecule has 0 aliphatic carbocycles. The number of hydrogen-bond donors (Lipinski definition) is 2. The lowest BCUT2D eigenvalue weighted by atomic mass is 9.98. The molecular formula is C32H37N7O2. The Labute approximate surface area is 240 Å². The lowest BCUT2D eigenvalue weighted by molar-refractivity contribution is -0.134. The van der Waals surface area contributed by atoms with Crippen LogP contribution in [-0.2, 0) is 9.59 Å². The zero-order valence-corrected chi connectivity index (χ0v) is 23.7. The van der Waals surface area contributed by atoms with Crippen molar-refractivity contribution in [2.24, 2.45) is 0 Å². The molecule has 1 unspecified atom stereocenters. The van der Waals surface area contributed by atoms with Gasteiger partial charge < -0.3 is 20.1 Å². The van der Waals surface area contributed by atoms with Gasteiger partial charge in [0.25, 0.3) is 0 Å². The number of carbonyl (C=O) groups excluding carboxylic acids is 2. The highest BCUT2D eigenvalue weighted by atomic mass is 16.2. The summed E-state index contributed by atoms with van der Waals surface area (Å²) < 4.78 is 0. The smallest absolute Gasteiger partial charge is 0.229 e. The number of fused-ring (bicyclic) bond motifs is 1. The molecule has 1 aliphatic heterocycles. The van der Waals surface area contributed by atoms with Gasteiger partial charge in [0.2, 0.25) is 11.8 Å². The van der Waals surface area contributed by atoms with Crippen molar-refractivity contribution in [1.29, 1.82) is 0 Å². The van der Waals surface area contributed by atoms with Gasteiger partial charge in [0.1, 0.15) is 17.8 Å². The van der Waals surface area contributed by atoms with Crippen molar-refractivity contribution in [2.45, 2.75) is 19.8 Å². The van der Waals surface area contributed by atoms with Gasteiger partial charge in [-0.15, -0.1) is 0 Å². The van der Waals surface area contributed by atoms with Crippen molar-refractivity contribution in [3.63, 3.8) is 0 Å². The molecule has 212 valence electrons. The maximum Gasteiger partial charge on any atom is 0.229 e. The van der Waals surface area contributed by atoms with E-state index in [0.29, 0.717) is 13.1 Å². The third-order valence-corrected chi connectivity index (χ3v) is 7.51. The van der Waals surface area contributed by atoms with Crippen molar-refractivity contribution < 1.29 is 9.59 Å². The minimum atomic E-state index is -0.283. The van der Waals surface area contributed by atoms with Gasteiger partial charge in [-0.25, -0.2) is 9.97 Å². The Bertz CT molecular complexity index is 1490. The van der Waals surface area contributed by atoms with Gasteiger partial charge in [0.05, 0.1) is 11.3 Å². The molecule has 0 radical (unpaired) electrons. The number of carbonyl (C=O) groups is 2. The van der Waals surface area contributed by atoms with Crippen molar-refractivity contribution in [3.8, 4) is 0 Å². The Balaban J connectivity index is 1.26. The van der Waals surface area contributed by atoms with E-state index >= 15 is 0 Å². The van der Waals surface area contributed by atoms with E-state index in [1.54, 1.807) is 0 Å². The average Bonchev–Trinajstić information content (AvgIpc) is 3.49. The van der Waals surface area contributed by atoms with Crippen LogP contribution in [0.5, 0.6) is 0 Å². The van der Waals surface area contributed by atoms with Crippen LogP contribution in [0.25, 0.3) is 17.1 Å². The fourth-order valence-corrected chi connectivity index (χ4v) is 5.21. The Morgan fingerprint density at radius 3 is 2.63 bits per heavy atom. The molecule has 2 N–H and O–H groups in total. The Morgan fingerprint density at radius 2 is 1.85 bits per heavy atom. The minimum absolute atomic E-state index is 0.0836. The number of nitrogens with one attached hydrogen (secondary N) is 2. The van der Waals surface area contributed by atoms with E-state index in [9.17, 15) is 9.59 Å². The first-order valence-corrected chi connectivity index (χ1v) is 14.1. The Morgan fingerprint density at radius 1 is 1.05 bits per heavy atom. The zero-order valence-electron chi connectivity index (χ0n) is 23.7. The third kappa shape index (κ3) is 6.99. The van der Waals surface area contributed by atoms with Crippen LogP contribution >= 0.6 is 0 Å². The number of nitrogens with zero attached hydrogens (tertiary/aromatic N) is 5. The summed E-state index contributed by atoms with van der Waals surface area (Å²) in [7, 11) is 0. The molecule has 2 amide bonds. The van der Waals surface area contributed by atoms with Crippen LogP contribution in [0.15, 0.2) is 79.3 Å². The molecule has 1 fully saturated rings. The summed E-state index contributed by atoms with van der Waals surface area (Å²) in [5.74, 6) is 0.519. The molecule has 9 heteroatoms. The van der Waals surface area contributed by atoms with Gasteiger partial charge in [0, 0.05) is 64.6 Å². The zero-order chi connectivity index (χ0) is 28.6. The van der Waals surface area contributed by atoms with Gasteiger partial charge in [0.15, 0.2) is 0 Å². The predicted molar refractivity (Wildman–Crippen MR) is 163 cm³/mol. The number of aromatic amines is 1. The summed E-state index contributed by atoms with van der Waals surface area (Å²) in [5, 5.41) is 3.77. The average molecular weight is 552 g/mol. The normalized spacial score (nSPS) is 14.8. The maximum atomic E-state index is 13.6. The predicted octanol–water partition coefficient (Wildman–Crippen LogP) is 4.19. The van der Waals surface area contributed by atoms with E-state index < -0.39 is 0 Å². The van der Waals surface area contributed by atoms with Crippen molar-refractivity contribution in [1.82, 2.24) is 30.1 Å². The van der Waals surface area contributed by atoms with E-state index in [4.69, 9.17) is 0 Å². The first-order chi connectivity index (χ1) is 20.0. The SMILES string of the molecule is CC(=O)NCCN(c1cccc(C(C)C(=O)N2CCN(CC=Cc3ccccc3)CC2)c1)c1ncnc2[nH]ccc12. The molecule has 3 heterocycles. The van der Waals surface area contributed by atoms with Gasteiger partial charge in [-0.2, -0.15) is 0 Å². The lowest BCUT2D eigenvalue weighted by Gasteiger charge is -2.35. The van der Waals surface area contributed by atoms with Crippen LogP contribution in [0.1, 0.15) is 30.9 Å². The number of hydrogen-bond acceptors (Lipinski definition) is 6. The molecule has 5 rings (SSSR count). The number of anilines is 2. The molecule has 0 spiro atoms. The number of piperazine rings is 1. The fraction of sp³-hybridized carbons (Fsp3) is 0.312. The largest absolute Gasteiger partial charge is 0.355 e. The highest BCUT2D eigenvalue weighted by Gasteiger charge is 2.26. The maximum absolute atomic E-state index is 13.6. The number of amides is 2. The first kappa shape index (κ1) is 28.0. The van der Waals surface area contributed by atoms with E-state index in [-0.39, 0.29) is 17.7 Å². The third-order valence-electron chi connectivity index (χ3n) is 7.51. The number of H-pyrrole nitrogens is 1. The van der Waals surface area contributed by atoms with Crippen molar-refractivity contribution in [3.05, 3.63) is 90.4 Å². The standard InChI is InChI=1S/C32H37N7O2/c1-24(32(41)38-20-18-37(19-21-38)16-7-10-26-8-4-3-5-9-26)27-11-6-12-28(22-27)39(17-15-33-25(2)40)31-29-13-14-34-30(29)35-23-36-31/h3-14,22-24H,15-21H2,1-2H3,(H,33,40)(H,34,35,36). The summed E-state index contributed by atoms with van der Waals surface area (Å²) in [4.78, 5) is 43.6. The monoisotopic (exact) mass is 551 g/mol. The quantitative estimate of drug-likeness (QED) is 0.307. The first-order valence-electron chi connectivity index (χ1n) is 14.1. The molecule has 0 bridgehead atoms. The van der Waals surface area contributed by atoms with Crippen LogP contribution in [0, 0.1) is 0 Å². The van der Waals surface area contributed by atoms with Gasteiger partial charge in [-0.1, -0.05) is 54.6 Å². The lowest BCUT2D eigenvalue weighted by Crippen LogP contribution is -2.49. The van der Waals surface area contributed by atoms with Gasteiger partial charge >= 0.3 is 0 Å². The number of benzene rings is 2. The van der Waals surface area contributed by atoms with Crippen LogP contribution in [0.3, 0.4) is 0 Å². The van der Waals surface area contributed by atoms with Gasteiger partial charge in [-0.05, 0) is 36.2 Å². The minimum Gasteiger partial charge on any atom is -0.355 e. The van der Waals surface area contributed by atoms with Crippen LogP contribution in [0.4, 0.5) is 11.5 Å². The number of rotatable bonds is 10. The second kappa shape index (κ2) is 13.2. The van der Waals surface area contributed by atoms with Crippen LogP contribution in [-0.4, -0.2) is 82.4 Å². The second-order valence-corrected chi connectivity index (χ2v) is 10.3. The molecule has 41 heavy (non-hydrogen) atoms. The summed E-state index contributed by atoms with van der Waals surface area (Å²) in [6.07, 6.45) is 7.71. The van der Waals surface area contributed by atoms with E-state index in [0.717, 1.165) is 60.8 Å². The highest BCUT2D eigenvalue weighted by molar-refractivity contribution is 5.90. The molecule has 9 nitrogen and oxygen atoms in total. The van der Waals surface area contributed by atoms with Crippen LogP contribution < -0.4 is 10.2 Å². The fourth-order valence-electron chi connectivity index (χ4n) is 5.21. The van der Waals surface area contributed by atoms with E-state index in [2.05, 4.69) is 60.4 Å². The molecule has 2 aromatic heterocycles. The number of aromatic nitrogens is 3. The summed E-state index contributed by atoms with van der Waals surface area (Å²) >= 11 is 0. The molecule has 4 aromatic rings. The molecule has 0 saturated carbocycles. The van der Waals surface area contributed by atoms with Gasteiger partial charge in [-0.3, -0.25) is 14.5 Å². The molecule has 1 saturated heterocycles. The highest BCUT2D eigenvalue weighted by Crippen LogP contribution is 2.31.